The van der Waals surface area contributed by atoms with Gasteiger partial charge in [0, 0.05) is 30.6 Å². The van der Waals surface area contributed by atoms with E-state index in [1.165, 1.54) is 25.9 Å². The average molecular weight is 249 g/mol. The van der Waals surface area contributed by atoms with Crippen LogP contribution in [-0.2, 0) is 0 Å². The Balaban J connectivity index is 1.73. The fourth-order valence-electron chi connectivity index (χ4n) is 4.81. The maximum atomic E-state index is 2.70. The number of fused-ring (bicyclic) bond motifs is 4. The van der Waals surface area contributed by atoms with Gasteiger partial charge in [0.25, 0.3) is 0 Å². The zero-order valence-corrected chi connectivity index (χ0v) is 11.1. The molecule has 2 heterocycles. The molecule has 5 rings (SSSR count). The van der Waals surface area contributed by atoms with Gasteiger partial charge in [-0.15, -0.1) is 0 Å². The summed E-state index contributed by atoms with van der Waals surface area (Å²) >= 11 is 0. The molecule has 0 unspecified atom stereocenters. The summed E-state index contributed by atoms with van der Waals surface area (Å²) in [6.45, 7) is 2.54. The molecule has 0 fully saturated rings. The molecule has 0 spiro atoms. The first-order valence-electron chi connectivity index (χ1n) is 7.63. The van der Waals surface area contributed by atoms with Crippen LogP contribution in [0.3, 0.4) is 0 Å². The lowest BCUT2D eigenvalue weighted by Crippen LogP contribution is -2.43. The van der Waals surface area contributed by atoms with Crippen LogP contribution < -0.4 is 4.90 Å². The average Bonchev–Trinajstić information content (AvgIpc) is 3.07. The predicted molar refractivity (Wildman–Crippen MR) is 78.6 cm³/mol. The first kappa shape index (κ1) is 10.3. The van der Waals surface area contributed by atoms with Crippen molar-refractivity contribution in [3.05, 3.63) is 53.6 Å². The van der Waals surface area contributed by atoms with E-state index in [1.54, 1.807) is 16.8 Å². The van der Waals surface area contributed by atoms with Crippen LogP contribution >= 0.6 is 0 Å². The molecule has 0 saturated heterocycles. The zero-order valence-electron chi connectivity index (χ0n) is 11.1. The third-order valence-corrected chi connectivity index (χ3v) is 5.62. The van der Waals surface area contributed by atoms with Crippen molar-refractivity contribution in [2.75, 3.05) is 18.0 Å². The molecule has 0 bridgehead atoms. The number of nitrogens with zero attached hydrogens (tertiary/aromatic N) is 1. The number of allylic oxidation sites excluding steroid dienone is 4. The largest absolute Gasteiger partial charge is 0.370 e. The molecule has 2 aliphatic heterocycles. The summed E-state index contributed by atoms with van der Waals surface area (Å²) < 4.78 is 0. The summed E-state index contributed by atoms with van der Waals surface area (Å²) in [6, 6.07) is 7.03. The molecule has 1 aromatic carbocycles. The van der Waals surface area contributed by atoms with Crippen LogP contribution in [0.25, 0.3) is 0 Å². The molecule has 1 aromatic rings. The van der Waals surface area contributed by atoms with Crippen molar-refractivity contribution in [1.82, 2.24) is 0 Å². The van der Waals surface area contributed by atoms with Gasteiger partial charge in [-0.05, 0) is 35.8 Å². The van der Waals surface area contributed by atoms with E-state index in [2.05, 4.69) is 47.4 Å². The molecule has 0 N–H and O–H groups in total. The molecule has 0 aromatic heterocycles. The summed E-state index contributed by atoms with van der Waals surface area (Å²) in [6.07, 6.45) is 12.2. The standard InChI is InChI=1S/C18H19N/c1-4-12-10-19-11-13-5-2-7-15(13)17-9-3-8-16(18(17)19)14(12)6-1/h1-3,6-9,12-15H,4-5,10-11H2/t12-,13+,14-,15-/m0/s1. The van der Waals surface area contributed by atoms with Gasteiger partial charge >= 0.3 is 0 Å². The van der Waals surface area contributed by atoms with Crippen molar-refractivity contribution in [2.24, 2.45) is 11.8 Å². The highest BCUT2D eigenvalue weighted by Gasteiger charge is 2.41. The molecule has 4 aliphatic rings. The Kier molecular flexibility index (Phi) is 1.92. The second-order valence-electron chi connectivity index (χ2n) is 6.59. The lowest BCUT2D eigenvalue weighted by Gasteiger charge is -2.46. The SMILES string of the molecule is C1=C[C@@H]2c3cccc4c3N(C[C@H]2C1)C[C@@H]1CC=C[C@H]41. The van der Waals surface area contributed by atoms with Crippen molar-refractivity contribution in [1.29, 1.82) is 0 Å². The van der Waals surface area contributed by atoms with E-state index in [0.717, 1.165) is 11.8 Å². The second kappa shape index (κ2) is 3.53. The molecule has 96 valence electrons. The smallest absolute Gasteiger partial charge is 0.0443 e. The van der Waals surface area contributed by atoms with Crippen molar-refractivity contribution < 1.29 is 0 Å². The van der Waals surface area contributed by atoms with Crippen molar-refractivity contribution in [3.8, 4) is 0 Å². The number of hydrogen-bond donors (Lipinski definition) is 0. The Morgan fingerprint density at radius 3 is 2.00 bits per heavy atom. The molecule has 0 saturated carbocycles. The third-order valence-electron chi connectivity index (χ3n) is 5.62. The van der Waals surface area contributed by atoms with Crippen molar-refractivity contribution in [3.63, 3.8) is 0 Å². The minimum atomic E-state index is 0.688. The lowest BCUT2D eigenvalue weighted by atomic mass is 9.75. The van der Waals surface area contributed by atoms with Gasteiger partial charge in [-0.2, -0.15) is 0 Å². The molecular formula is C18H19N. The monoisotopic (exact) mass is 249 g/mol. The van der Waals surface area contributed by atoms with Gasteiger partial charge in [0.05, 0.1) is 0 Å². The normalized spacial score (nSPS) is 37.2. The molecule has 0 amide bonds. The lowest BCUT2D eigenvalue weighted by molar-refractivity contribution is 0.410. The van der Waals surface area contributed by atoms with E-state index >= 15 is 0 Å². The summed E-state index contributed by atoms with van der Waals surface area (Å²) in [5.41, 5.74) is 4.78. The number of rotatable bonds is 0. The van der Waals surface area contributed by atoms with E-state index in [0.29, 0.717) is 11.8 Å². The zero-order chi connectivity index (χ0) is 12.4. The minimum absolute atomic E-state index is 0.688. The molecule has 0 radical (unpaired) electrons. The van der Waals surface area contributed by atoms with Crippen LogP contribution in [0.1, 0.15) is 35.8 Å². The van der Waals surface area contributed by atoms with Crippen molar-refractivity contribution >= 4 is 5.69 Å². The number of benzene rings is 1. The van der Waals surface area contributed by atoms with Gasteiger partial charge in [-0.1, -0.05) is 42.5 Å². The summed E-state index contributed by atoms with van der Waals surface area (Å²) in [7, 11) is 0. The van der Waals surface area contributed by atoms with E-state index in [-0.39, 0.29) is 0 Å². The van der Waals surface area contributed by atoms with Crippen LogP contribution in [0, 0.1) is 11.8 Å². The van der Waals surface area contributed by atoms with Gasteiger partial charge in [0.1, 0.15) is 0 Å². The van der Waals surface area contributed by atoms with Crippen LogP contribution in [0.5, 0.6) is 0 Å². The Morgan fingerprint density at radius 2 is 1.42 bits per heavy atom. The topological polar surface area (TPSA) is 3.24 Å². The van der Waals surface area contributed by atoms with Gasteiger partial charge in [0.15, 0.2) is 0 Å². The Labute approximate surface area is 114 Å². The quantitative estimate of drug-likeness (QED) is 0.631. The van der Waals surface area contributed by atoms with Crippen LogP contribution in [0.2, 0.25) is 0 Å². The molecule has 19 heavy (non-hydrogen) atoms. The van der Waals surface area contributed by atoms with Gasteiger partial charge in [-0.25, -0.2) is 0 Å². The summed E-state index contributed by atoms with van der Waals surface area (Å²) in [5.74, 6) is 3.03. The number of anilines is 1. The van der Waals surface area contributed by atoms with Gasteiger partial charge in [-0.3, -0.25) is 0 Å². The predicted octanol–water partition coefficient (Wildman–Crippen LogP) is 3.84. The third kappa shape index (κ3) is 1.26. The molecule has 4 atom stereocenters. The Bertz CT molecular complexity index is 549. The fraction of sp³-hybridized carbons (Fsp3) is 0.444. The van der Waals surface area contributed by atoms with Gasteiger partial charge in [0.2, 0.25) is 0 Å². The van der Waals surface area contributed by atoms with Gasteiger partial charge < -0.3 is 4.90 Å². The summed E-state index contributed by atoms with van der Waals surface area (Å²) in [5, 5.41) is 0. The molecule has 2 aliphatic carbocycles. The Morgan fingerprint density at radius 1 is 0.842 bits per heavy atom. The molecule has 1 heteroatoms. The highest BCUT2D eigenvalue weighted by molar-refractivity contribution is 5.68. The first-order valence-corrected chi connectivity index (χ1v) is 7.63. The van der Waals surface area contributed by atoms with Crippen LogP contribution in [0.15, 0.2) is 42.5 Å². The Hall–Kier alpha value is -1.50. The van der Waals surface area contributed by atoms with E-state index in [4.69, 9.17) is 0 Å². The number of para-hydroxylation sites is 1. The van der Waals surface area contributed by atoms with Crippen LogP contribution in [-0.4, -0.2) is 13.1 Å². The maximum absolute atomic E-state index is 2.70. The highest BCUT2D eigenvalue weighted by atomic mass is 15.2. The molecule has 1 nitrogen and oxygen atoms in total. The van der Waals surface area contributed by atoms with Crippen LogP contribution in [0.4, 0.5) is 5.69 Å². The van der Waals surface area contributed by atoms with Crippen molar-refractivity contribution in [2.45, 2.75) is 24.7 Å². The number of hydrogen-bond acceptors (Lipinski definition) is 1. The second-order valence-corrected chi connectivity index (χ2v) is 6.59. The first-order chi connectivity index (χ1) is 9.42. The van der Waals surface area contributed by atoms with E-state index < -0.39 is 0 Å². The fourth-order valence-corrected chi connectivity index (χ4v) is 4.81. The molecular weight excluding hydrogens is 230 g/mol. The van der Waals surface area contributed by atoms with E-state index in [1.807, 2.05) is 0 Å². The summed E-state index contributed by atoms with van der Waals surface area (Å²) in [4.78, 5) is 2.70. The minimum Gasteiger partial charge on any atom is -0.370 e. The highest BCUT2D eigenvalue weighted by Crippen LogP contribution is 2.52. The van der Waals surface area contributed by atoms with E-state index in [9.17, 15) is 0 Å². The maximum Gasteiger partial charge on any atom is 0.0443 e.